The van der Waals surface area contributed by atoms with E-state index in [1.807, 2.05) is 50.2 Å². The molecule has 0 saturated heterocycles. The molecule has 34 heavy (non-hydrogen) atoms. The maximum atomic E-state index is 14.0. The number of methoxy groups -OCH3 is 2. The molecule has 5 nitrogen and oxygen atoms in total. The number of amides is 1. The molecule has 0 spiro atoms. The Kier molecular flexibility index (Phi) is 6.77. The smallest absolute Gasteiger partial charge is 0.252 e. The van der Waals surface area contributed by atoms with Crippen LogP contribution < -0.4 is 14.8 Å². The average molecular weight is 459 g/mol. The number of hydrogen-bond donors (Lipinski definition) is 1. The molecule has 0 atom stereocenters. The maximum absolute atomic E-state index is 14.0. The molecule has 0 fully saturated rings. The van der Waals surface area contributed by atoms with Crippen LogP contribution in [0.4, 0.5) is 4.39 Å². The standard InChI is InChI=1S/C28H27FN2O3/c1-17-5-7-20(13-18(17)2)25-16-23(22-15-21(29)8-9-24(22)31-25)28(32)30-12-11-19-6-10-26(33-3)27(14-19)34-4/h5-10,13-16H,11-12H2,1-4H3,(H,30,32). The van der Waals surface area contributed by atoms with Crippen LogP contribution in [0.25, 0.3) is 22.2 Å². The molecule has 6 heteroatoms. The van der Waals surface area contributed by atoms with E-state index in [2.05, 4.69) is 5.32 Å². The fourth-order valence-electron chi connectivity index (χ4n) is 3.89. The van der Waals surface area contributed by atoms with Gasteiger partial charge in [-0.15, -0.1) is 0 Å². The topological polar surface area (TPSA) is 60.5 Å². The number of carbonyl (C=O) groups excluding carboxylic acids is 1. The van der Waals surface area contributed by atoms with Crippen LogP contribution in [0.3, 0.4) is 0 Å². The summed E-state index contributed by atoms with van der Waals surface area (Å²) in [6.45, 7) is 4.50. The van der Waals surface area contributed by atoms with Gasteiger partial charge in [0.2, 0.25) is 0 Å². The van der Waals surface area contributed by atoms with Crippen molar-refractivity contribution in [1.82, 2.24) is 10.3 Å². The van der Waals surface area contributed by atoms with Gasteiger partial charge >= 0.3 is 0 Å². The van der Waals surface area contributed by atoms with E-state index in [9.17, 15) is 9.18 Å². The van der Waals surface area contributed by atoms with Crippen LogP contribution >= 0.6 is 0 Å². The predicted octanol–water partition coefficient (Wildman–Crippen LogP) is 5.65. The van der Waals surface area contributed by atoms with Crippen molar-refractivity contribution in [3.8, 4) is 22.8 Å². The fourth-order valence-corrected chi connectivity index (χ4v) is 3.89. The first-order valence-corrected chi connectivity index (χ1v) is 11.1. The zero-order valence-corrected chi connectivity index (χ0v) is 19.7. The Balaban J connectivity index is 1.61. The zero-order chi connectivity index (χ0) is 24.2. The van der Waals surface area contributed by atoms with Gasteiger partial charge in [-0.05, 0) is 79.4 Å². The van der Waals surface area contributed by atoms with Crippen LogP contribution in [0.5, 0.6) is 11.5 Å². The molecule has 1 amide bonds. The number of fused-ring (bicyclic) bond motifs is 1. The van der Waals surface area contributed by atoms with Crippen molar-refractivity contribution in [1.29, 1.82) is 0 Å². The predicted molar refractivity (Wildman–Crippen MR) is 132 cm³/mol. The number of nitrogens with one attached hydrogen (secondary N) is 1. The largest absolute Gasteiger partial charge is 0.493 e. The quantitative estimate of drug-likeness (QED) is 0.389. The zero-order valence-electron chi connectivity index (χ0n) is 19.7. The Labute approximate surface area is 198 Å². The summed E-state index contributed by atoms with van der Waals surface area (Å²) in [4.78, 5) is 17.9. The Morgan fingerprint density at radius 1 is 0.912 bits per heavy atom. The van der Waals surface area contributed by atoms with Crippen LogP contribution in [-0.4, -0.2) is 31.7 Å². The van der Waals surface area contributed by atoms with Crippen LogP contribution in [0, 0.1) is 19.7 Å². The molecule has 174 valence electrons. The van der Waals surface area contributed by atoms with E-state index in [-0.39, 0.29) is 5.91 Å². The SMILES string of the molecule is COc1ccc(CCNC(=O)c2cc(-c3ccc(C)c(C)c3)nc3ccc(F)cc23)cc1OC. The molecule has 0 radical (unpaired) electrons. The van der Waals surface area contributed by atoms with Gasteiger partial charge in [0.05, 0.1) is 31.0 Å². The molecule has 0 aliphatic carbocycles. The summed E-state index contributed by atoms with van der Waals surface area (Å²) in [6.07, 6.45) is 0.605. The van der Waals surface area contributed by atoms with Gasteiger partial charge in [-0.3, -0.25) is 4.79 Å². The lowest BCUT2D eigenvalue weighted by Gasteiger charge is -2.12. The van der Waals surface area contributed by atoms with Crippen molar-refractivity contribution in [2.75, 3.05) is 20.8 Å². The van der Waals surface area contributed by atoms with Crippen LogP contribution in [0.1, 0.15) is 27.0 Å². The minimum atomic E-state index is -0.410. The number of carbonyl (C=O) groups is 1. The first-order chi connectivity index (χ1) is 16.4. The molecule has 1 heterocycles. The average Bonchev–Trinajstić information content (AvgIpc) is 2.84. The summed E-state index contributed by atoms with van der Waals surface area (Å²) in [6, 6.07) is 17.8. The number of aromatic nitrogens is 1. The third-order valence-electron chi connectivity index (χ3n) is 5.97. The normalized spacial score (nSPS) is 10.9. The summed E-state index contributed by atoms with van der Waals surface area (Å²) in [5.41, 5.74) is 5.87. The van der Waals surface area contributed by atoms with Gasteiger partial charge in [-0.2, -0.15) is 0 Å². The number of rotatable bonds is 7. The van der Waals surface area contributed by atoms with Crippen LogP contribution in [0.15, 0.2) is 60.7 Å². The van der Waals surface area contributed by atoms with Crippen LogP contribution in [0.2, 0.25) is 0 Å². The number of hydrogen-bond acceptors (Lipinski definition) is 4. The number of benzene rings is 3. The second-order valence-corrected chi connectivity index (χ2v) is 8.21. The van der Waals surface area contributed by atoms with Crippen LogP contribution in [-0.2, 0) is 6.42 Å². The van der Waals surface area contributed by atoms with E-state index in [1.54, 1.807) is 26.4 Å². The van der Waals surface area contributed by atoms with E-state index in [0.29, 0.717) is 46.6 Å². The molecular weight excluding hydrogens is 431 g/mol. The van der Waals surface area contributed by atoms with Gasteiger partial charge in [-0.1, -0.05) is 18.2 Å². The number of ether oxygens (including phenoxy) is 2. The highest BCUT2D eigenvalue weighted by atomic mass is 19.1. The second kappa shape index (κ2) is 9.91. The summed E-state index contributed by atoms with van der Waals surface area (Å²) in [5, 5.41) is 3.45. The lowest BCUT2D eigenvalue weighted by molar-refractivity contribution is 0.0955. The van der Waals surface area contributed by atoms with Crippen molar-refractivity contribution in [2.45, 2.75) is 20.3 Å². The molecule has 0 unspecified atom stereocenters. The molecule has 0 bridgehead atoms. The Hall–Kier alpha value is -3.93. The van der Waals surface area contributed by atoms with E-state index >= 15 is 0 Å². The molecule has 0 saturated carbocycles. The molecule has 1 aromatic heterocycles. The summed E-state index contributed by atoms with van der Waals surface area (Å²) < 4.78 is 24.6. The van der Waals surface area contributed by atoms with Crippen molar-refractivity contribution in [3.63, 3.8) is 0 Å². The van der Waals surface area contributed by atoms with E-state index in [0.717, 1.165) is 16.7 Å². The van der Waals surface area contributed by atoms with Gasteiger partial charge in [0, 0.05) is 17.5 Å². The number of halogens is 1. The van der Waals surface area contributed by atoms with Gasteiger partial charge in [0.15, 0.2) is 11.5 Å². The number of aryl methyl sites for hydroxylation is 2. The third kappa shape index (κ3) is 4.86. The first-order valence-electron chi connectivity index (χ1n) is 11.1. The van der Waals surface area contributed by atoms with Crippen molar-refractivity contribution < 1.29 is 18.7 Å². The lowest BCUT2D eigenvalue weighted by Crippen LogP contribution is -2.26. The number of nitrogens with zero attached hydrogens (tertiary/aromatic N) is 1. The van der Waals surface area contributed by atoms with E-state index in [4.69, 9.17) is 14.5 Å². The Bertz CT molecular complexity index is 1370. The molecule has 4 aromatic rings. The third-order valence-corrected chi connectivity index (χ3v) is 5.97. The maximum Gasteiger partial charge on any atom is 0.252 e. The molecule has 3 aromatic carbocycles. The Morgan fingerprint density at radius 3 is 2.44 bits per heavy atom. The molecule has 0 aliphatic rings. The fraction of sp³-hybridized carbons (Fsp3) is 0.214. The summed E-state index contributed by atoms with van der Waals surface area (Å²) >= 11 is 0. The summed E-state index contributed by atoms with van der Waals surface area (Å²) in [5.74, 6) is 0.607. The lowest BCUT2D eigenvalue weighted by atomic mass is 10.0. The van der Waals surface area contributed by atoms with E-state index < -0.39 is 5.82 Å². The highest BCUT2D eigenvalue weighted by Crippen LogP contribution is 2.28. The molecule has 0 aliphatic heterocycles. The van der Waals surface area contributed by atoms with Gasteiger partial charge in [0.1, 0.15) is 5.82 Å². The van der Waals surface area contributed by atoms with Gasteiger partial charge in [0.25, 0.3) is 5.91 Å². The summed E-state index contributed by atoms with van der Waals surface area (Å²) in [7, 11) is 3.18. The highest BCUT2D eigenvalue weighted by Gasteiger charge is 2.15. The second-order valence-electron chi connectivity index (χ2n) is 8.21. The van der Waals surface area contributed by atoms with Gasteiger partial charge in [-0.25, -0.2) is 9.37 Å². The van der Waals surface area contributed by atoms with E-state index in [1.165, 1.54) is 17.7 Å². The van der Waals surface area contributed by atoms with Crippen molar-refractivity contribution in [3.05, 3.63) is 88.7 Å². The molecule has 4 rings (SSSR count). The van der Waals surface area contributed by atoms with Gasteiger partial charge < -0.3 is 14.8 Å². The molecular formula is C28H27FN2O3. The minimum Gasteiger partial charge on any atom is -0.493 e. The van der Waals surface area contributed by atoms with Crippen molar-refractivity contribution >= 4 is 16.8 Å². The molecule has 1 N–H and O–H groups in total. The highest BCUT2D eigenvalue weighted by molar-refractivity contribution is 6.07. The first kappa shape index (κ1) is 23.2. The monoisotopic (exact) mass is 458 g/mol. The Morgan fingerprint density at radius 2 is 1.71 bits per heavy atom. The number of pyridine rings is 1. The van der Waals surface area contributed by atoms with Crippen molar-refractivity contribution in [2.24, 2.45) is 0 Å². The minimum absolute atomic E-state index is 0.274.